The maximum atomic E-state index is 5.93. The molecule has 1 aliphatic heterocycles. The Morgan fingerprint density at radius 2 is 2.31 bits per heavy atom. The molecule has 0 aliphatic carbocycles. The van der Waals surface area contributed by atoms with Crippen molar-refractivity contribution in [3.63, 3.8) is 0 Å². The van der Waals surface area contributed by atoms with Gasteiger partial charge in [0.25, 0.3) is 0 Å². The third-order valence-electron chi connectivity index (χ3n) is 3.18. The summed E-state index contributed by atoms with van der Waals surface area (Å²) < 4.78 is 0. The molecule has 0 bridgehead atoms. The van der Waals surface area contributed by atoms with Crippen LogP contribution in [0.25, 0.3) is 0 Å². The number of hydrogen-bond acceptors (Lipinski definition) is 4. The van der Waals surface area contributed by atoms with E-state index in [0.29, 0.717) is 5.82 Å². The molecule has 1 atom stereocenters. The molecular formula is C12H20N4. The van der Waals surface area contributed by atoms with E-state index in [1.807, 2.05) is 0 Å². The normalized spacial score (nSPS) is 20.4. The number of rotatable bonds is 3. The Kier molecular flexibility index (Phi) is 3.27. The fourth-order valence-electron chi connectivity index (χ4n) is 2.31. The molecule has 0 spiro atoms. The second-order valence-corrected chi connectivity index (χ2v) is 4.65. The van der Waals surface area contributed by atoms with E-state index in [1.165, 1.54) is 6.42 Å². The third-order valence-corrected chi connectivity index (χ3v) is 3.18. The van der Waals surface area contributed by atoms with Gasteiger partial charge in [-0.15, -0.1) is 0 Å². The second kappa shape index (κ2) is 4.68. The molecule has 2 heterocycles. The lowest BCUT2D eigenvalue weighted by atomic mass is 10.1. The second-order valence-electron chi connectivity index (χ2n) is 4.65. The molecule has 1 fully saturated rings. The Labute approximate surface area is 96.9 Å². The van der Waals surface area contributed by atoms with Crippen LogP contribution in [0.2, 0.25) is 0 Å². The first-order chi connectivity index (χ1) is 7.72. The van der Waals surface area contributed by atoms with Crippen LogP contribution in [0.15, 0.2) is 6.33 Å². The minimum atomic E-state index is 0.645. The van der Waals surface area contributed by atoms with Crippen LogP contribution in [0.5, 0.6) is 0 Å². The predicted octanol–water partition coefficient (Wildman–Crippen LogP) is 1.86. The Morgan fingerprint density at radius 1 is 1.50 bits per heavy atom. The summed E-state index contributed by atoms with van der Waals surface area (Å²) in [6, 6.07) is 0. The van der Waals surface area contributed by atoms with E-state index in [-0.39, 0.29) is 0 Å². The number of nitrogens with zero attached hydrogens (tertiary/aromatic N) is 3. The fraction of sp³-hybridized carbons (Fsp3) is 0.667. The lowest BCUT2D eigenvalue weighted by Gasteiger charge is -2.20. The molecule has 0 saturated carbocycles. The van der Waals surface area contributed by atoms with E-state index in [1.54, 1.807) is 6.33 Å². The molecule has 0 aromatic carbocycles. The van der Waals surface area contributed by atoms with Gasteiger partial charge in [-0.3, -0.25) is 0 Å². The van der Waals surface area contributed by atoms with Crippen LogP contribution >= 0.6 is 0 Å². The van der Waals surface area contributed by atoms with Crippen LogP contribution in [-0.4, -0.2) is 23.1 Å². The fourth-order valence-corrected chi connectivity index (χ4v) is 2.31. The SMILES string of the molecule is CCCc1c(N)ncnc1N1CCC(C)C1. The van der Waals surface area contributed by atoms with Gasteiger partial charge in [-0.1, -0.05) is 20.3 Å². The summed E-state index contributed by atoms with van der Waals surface area (Å²) in [6.45, 7) is 6.62. The molecule has 1 aliphatic rings. The molecule has 2 N–H and O–H groups in total. The van der Waals surface area contributed by atoms with Gasteiger partial charge in [0.05, 0.1) is 0 Å². The molecule has 1 unspecified atom stereocenters. The monoisotopic (exact) mass is 220 g/mol. The highest BCUT2D eigenvalue weighted by molar-refractivity contribution is 5.57. The molecule has 4 heteroatoms. The summed E-state index contributed by atoms with van der Waals surface area (Å²) in [5.41, 5.74) is 7.06. The van der Waals surface area contributed by atoms with Crippen molar-refractivity contribution in [1.29, 1.82) is 0 Å². The molecule has 0 radical (unpaired) electrons. The third kappa shape index (κ3) is 2.10. The van der Waals surface area contributed by atoms with Gasteiger partial charge in [-0.2, -0.15) is 0 Å². The molecular weight excluding hydrogens is 200 g/mol. The van der Waals surface area contributed by atoms with Crippen molar-refractivity contribution in [2.75, 3.05) is 23.7 Å². The summed E-state index contributed by atoms with van der Waals surface area (Å²) in [5.74, 6) is 2.45. The Balaban J connectivity index is 2.28. The molecule has 0 amide bonds. The van der Waals surface area contributed by atoms with Crippen molar-refractivity contribution in [3.05, 3.63) is 11.9 Å². The topological polar surface area (TPSA) is 55.0 Å². The largest absolute Gasteiger partial charge is 0.383 e. The highest BCUT2D eigenvalue weighted by Gasteiger charge is 2.22. The Hall–Kier alpha value is -1.32. The quantitative estimate of drug-likeness (QED) is 0.844. The van der Waals surface area contributed by atoms with Crippen LogP contribution < -0.4 is 10.6 Å². The van der Waals surface area contributed by atoms with E-state index in [9.17, 15) is 0 Å². The van der Waals surface area contributed by atoms with Gasteiger partial charge in [-0.25, -0.2) is 9.97 Å². The first-order valence-electron chi connectivity index (χ1n) is 6.06. The molecule has 1 aromatic heterocycles. The van der Waals surface area contributed by atoms with Crippen molar-refractivity contribution >= 4 is 11.6 Å². The first-order valence-corrected chi connectivity index (χ1v) is 6.06. The average molecular weight is 220 g/mol. The zero-order valence-corrected chi connectivity index (χ0v) is 10.1. The predicted molar refractivity (Wildman–Crippen MR) is 66.4 cm³/mol. The van der Waals surface area contributed by atoms with E-state index in [4.69, 9.17) is 5.73 Å². The van der Waals surface area contributed by atoms with E-state index < -0.39 is 0 Å². The van der Waals surface area contributed by atoms with E-state index in [2.05, 4.69) is 28.7 Å². The minimum absolute atomic E-state index is 0.645. The highest BCUT2D eigenvalue weighted by Crippen LogP contribution is 2.27. The maximum absolute atomic E-state index is 5.93. The Bertz CT molecular complexity index is 364. The van der Waals surface area contributed by atoms with Gasteiger partial charge in [0.2, 0.25) is 0 Å². The standard InChI is InChI=1S/C12H20N4/c1-3-4-10-11(13)14-8-15-12(10)16-6-5-9(2)7-16/h8-9H,3-7H2,1-2H3,(H2,13,14,15). The van der Waals surface area contributed by atoms with Gasteiger partial charge < -0.3 is 10.6 Å². The summed E-state index contributed by atoms with van der Waals surface area (Å²) in [4.78, 5) is 10.8. The number of nitrogen functional groups attached to an aromatic ring is 1. The van der Waals surface area contributed by atoms with Gasteiger partial charge in [0.1, 0.15) is 18.0 Å². The zero-order chi connectivity index (χ0) is 11.5. The van der Waals surface area contributed by atoms with Crippen LogP contribution in [0.4, 0.5) is 11.6 Å². The van der Waals surface area contributed by atoms with Gasteiger partial charge >= 0.3 is 0 Å². The summed E-state index contributed by atoms with van der Waals surface area (Å²) in [5, 5.41) is 0. The number of aromatic nitrogens is 2. The lowest BCUT2D eigenvalue weighted by Crippen LogP contribution is -2.22. The molecule has 16 heavy (non-hydrogen) atoms. The van der Waals surface area contributed by atoms with Crippen LogP contribution in [0.1, 0.15) is 32.3 Å². The number of anilines is 2. The molecule has 2 rings (SSSR count). The number of hydrogen-bond donors (Lipinski definition) is 1. The van der Waals surface area contributed by atoms with Gasteiger partial charge in [0.15, 0.2) is 0 Å². The van der Waals surface area contributed by atoms with Crippen LogP contribution in [0, 0.1) is 5.92 Å². The van der Waals surface area contributed by atoms with Crippen molar-refractivity contribution in [2.24, 2.45) is 5.92 Å². The summed E-state index contributed by atoms with van der Waals surface area (Å²) >= 11 is 0. The Morgan fingerprint density at radius 3 is 2.94 bits per heavy atom. The molecule has 88 valence electrons. The number of nitrogens with two attached hydrogens (primary N) is 1. The smallest absolute Gasteiger partial charge is 0.137 e. The van der Waals surface area contributed by atoms with E-state index in [0.717, 1.165) is 43.2 Å². The first kappa shape index (κ1) is 11.2. The average Bonchev–Trinajstić information content (AvgIpc) is 2.68. The van der Waals surface area contributed by atoms with Crippen molar-refractivity contribution in [2.45, 2.75) is 33.1 Å². The summed E-state index contributed by atoms with van der Waals surface area (Å²) in [7, 11) is 0. The summed E-state index contributed by atoms with van der Waals surface area (Å²) in [6.07, 6.45) is 4.86. The molecule has 1 aromatic rings. The van der Waals surface area contributed by atoms with Crippen molar-refractivity contribution < 1.29 is 0 Å². The minimum Gasteiger partial charge on any atom is -0.383 e. The molecule has 4 nitrogen and oxygen atoms in total. The van der Waals surface area contributed by atoms with Crippen LogP contribution in [-0.2, 0) is 6.42 Å². The van der Waals surface area contributed by atoms with E-state index >= 15 is 0 Å². The van der Waals surface area contributed by atoms with Crippen LogP contribution in [0.3, 0.4) is 0 Å². The van der Waals surface area contributed by atoms with Gasteiger partial charge in [0, 0.05) is 18.7 Å². The van der Waals surface area contributed by atoms with Gasteiger partial charge in [-0.05, 0) is 18.8 Å². The van der Waals surface area contributed by atoms with Crippen molar-refractivity contribution in [1.82, 2.24) is 9.97 Å². The zero-order valence-electron chi connectivity index (χ0n) is 10.1. The van der Waals surface area contributed by atoms with Crippen molar-refractivity contribution in [3.8, 4) is 0 Å². The lowest BCUT2D eigenvalue weighted by molar-refractivity contribution is 0.658. The maximum Gasteiger partial charge on any atom is 0.137 e. The molecule has 1 saturated heterocycles. The highest BCUT2D eigenvalue weighted by atomic mass is 15.2.